The minimum atomic E-state index is -4.90. The van der Waals surface area contributed by atoms with E-state index in [4.69, 9.17) is 34.8 Å². The summed E-state index contributed by atoms with van der Waals surface area (Å²) in [6.45, 7) is 0. The van der Waals surface area contributed by atoms with E-state index in [1.54, 1.807) is 36.4 Å². The SMILES string of the molecule is O=C1c2ccccc2C(=O)c2cc(S(=O)(=O)[N-]S(=O)(=O)c3ccc(Cl)cc3)ccc21.O=S(=O)([N-]S(=O)(=O)C1CC=CC1)C1CC=CC1.O=S(=O)([N-]S(=O)(=O)c1cccc(S(=O)(=O)[N-]S(=O)(=O)c2ccccc2)c1)c1ccccc1.O=S(=O)([N-]S(=O)(=O)c1cccc2c(S(=O)(=O)[N-]S(=O)(=O)c3ccc(Cl)cc3)cccc12)c1ccc(Cl)cc1. The fraction of sp³-hybridized carbons (Fsp3) is 0.0857. The lowest BCUT2D eigenvalue weighted by atomic mass is 9.84. The van der Waals surface area contributed by atoms with Crippen LogP contribution in [-0.4, -0.2) is 123 Å². The quantitative estimate of drug-likeness (QED) is 0.0507. The molecule has 0 fully saturated rings. The van der Waals surface area contributed by atoms with Crippen LogP contribution in [-0.2, 0) is 120 Å². The molecule has 3 aliphatic carbocycles. The van der Waals surface area contributed by atoms with E-state index >= 15 is 0 Å². The van der Waals surface area contributed by atoms with Crippen LogP contribution in [0.4, 0.5) is 0 Å². The predicted molar refractivity (Wildman–Crippen MR) is 432 cm³/mol. The average Bonchev–Trinajstić information content (AvgIpc) is 1.08. The van der Waals surface area contributed by atoms with Gasteiger partial charge in [-0.3, -0.25) is 9.59 Å². The summed E-state index contributed by atoms with van der Waals surface area (Å²) in [7, 11) is -55.2. The fourth-order valence-electron chi connectivity index (χ4n) is 10.7. The Bertz CT molecular complexity index is 6830. The van der Waals surface area contributed by atoms with Gasteiger partial charge in [-0.05, 0) is 182 Å². The zero-order valence-electron chi connectivity index (χ0n) is 58.6. The first kappa shape index (κ1) is 90.6. The number of halogens is 3. The molecular formula is C70H53Cl3N6O26S12-6. The number of carbonyl (C=O) groups is 2. The first-order valence-corrected chi connectivity index (χ1v) is 51.1. The number of sulfonamides is 12. The Hall–Kier alpha value is -8.69. The van der Waals surface area contributed by atoms with Crippen molar-refractivity contribution in [1.29, 1.82) is 0 Å². The molecule has 13 rings (SSSR count). The Morgan fingerprint density at radius 3 is 0.786 bits per heavy atom. The maximum absolute atomic E-state index is 13.1. The van der Waals surface area contributed by atoms with Crippen molar-refractivity contribution in [3.05, 3.63) is 323 Å². The summed E-state index contributed by atoms with van der Waals surface area (Å²) in [6.07, 6.45) is 8.36. The Kier molecular flexibility index (Phi) is 27.4. The summed E-state index contributed by atoms with van der Waals surface area (Å²) in [5, 5.41) is -1.13. The second-order valence-corrected chi connectivity index (χ2v) is 46.8. The molecule has 0 aromatic heterocycles. The molecule has 0 atom stereocenters. The van der Waals surface area contributed by atoms with E-state index in [1.807, 2.05) is 0 Å². The van der Waals surface area contributed by atoms with E-state index in [1.165, 1.54) is 103 Å². The van der Waals surface area contributed by atoms with Crippen LogP contribution in [0.1, 0.15) is 57.5 Å². The van der Waals surface area contributed by atoms with Crippen molar-refractivity contribution in [2.75, 3.05) is 0 Å². The van der Waals surface area contributed by atoms with E-state index < -0.39 is 177 Å². The number of carbonyl (C=O) groups excluding carboxylic acids is 2. The largest absolute Gasteiger partial charge is 0.436 e. The minimum absolute atomic E-state index is 0.0400. The summed E-state index contributed by atoms with van der Waals surface area (Å²) in [5.74, 6) is -0.951. The number of allylic oxidation sites excluding steroid dienone is 4. The molecule has 0 saturated heterocycles. The van der Waals surface area contributed by atoms with Gasteiger partial charge in [-0.25, -0.2) is 101 Å². The lowest BCUT2D eigenvalue weighted by Crippen LogP contribution is -2.24. The highest BCUT2D eigenvalue weighted by molar-refractivity contribution is 8.15. The molecule has 0 spiro atoms. The van der Waals surface area contributed by atoms with Gasteiger partial charge in [0, 0.05) is 66.7 Å². The van der Waals surface area contributed by atoms with Crippen molar-refractivity contribution in [3.63, 3.8) is 0 Å². The van der Waals surface area contributed by atoms with E-state index in [0.717, 1.165) is 115 Å². The van der Waals surface area contributed by atoms with Gasteiger partial charge in [0.15, 0.2) is 11.6 Å². The Labute approximate surface area is 689 Å². The van der Waals surface area contributed by atoms with Crippen LogP contribution in [0, 0.1) is 0 Å². The Morgan fingerprint density at radius 2 is 0.462 bits per heavy atom. The lowest BCUT2D eigenvalue weighted by Gasteiger charge is -2.27. The number of rotatable bonds is 24. The van der Waals surface area contributed by atoms with Crippen LogP contribution in [0.3, 0.4) is 0 Å². The smallest absolute Gasteiger partial charge is 0.194 e. The zero-order valence-corrected chi connectivity index (χ0v) is 70.7. The molecule has 47 heteroatoms. The highest BCUT2D eigenvalue weighted by Gasteiger charge is 2.32. The molecule has 0 amide bonds. The first-order chi connectivity index (χ1) is 54.5. The third-order valence-corrected chi connectivity index (χ3v) is 37.8. The highest BCUT2D eigenvalue weighted by Crippen LogP contribution is 2.39. The summed E-state index contributed by atoms with van der Waals surface area (Å²) in [6, 6.07) is 46.9. The molecule has 10 aromatic rings. The number of benzene rings is 10. The van der Waals surface area contributed by atoms with E-state index in [0.29, 0.717) is 31.7 Å². The van der Waals surface area contributed by atoms with Gasteiger partial charge in [0.1, 0.15) is 100 Å². The second-order valence-electron chi connectivity index (χ2n) is 24.3. The van der Waals surface area contributed by atoms with Crippen molar-refractivity contribution >= 4 is 177 Å². The van der Waals surface area contributed by atoms with Crippen molar-refractivity contribution in [2.24, 2.45) is 0 Å². The van der Waals surface area contributed by atoms with Crippen LogP contribution < -0.4 is 0 Å². The molecule has 0 radical (unpaired) electrons. The lowest BCUT2D eigenvalue weighted by molar-refractivity contribution is 0.0979. The molecule has 0 aliphatic heterocycles. The zero-order chi connectivity index (χ0) is 85.8. The monoisotopic (exact) mass is 1880 g/mol. The normalized spacial score (nSPS) is 14.6. The van der Waals surface area contributed by atoms with Gasteiger partial charge in [0.25, 0.3) is 0 Å². The topological polar surface area (TPSA) is 528 Å². The standard InChI is InChI=1S/C22H14Cl2N2O8S4.C20H11ClNO6S2.C18H14N2O8S4.C10H14NO4S2/c23-15-7-11-17(12-8-15)35(27,28)25-37(31,32)21-5-1-3-19-20(21)4-2-6-22(19)38(33,34)26-36(29,30)18-13-9-16(24)10-14-18;21-12-5-7-13(8-6-12)29(25,26)22-30(27,28)14-9-10-17-18(11-14)20(24)16-4-2-1-3-15(16)19(17)23;21-29(22,15-8-3-1-4-9-15)19-31(25,26)17-12-7-13-18(14-17)32(27,28)20-30(23,24)16-10-5-2-6-11-16;12-16(13,9-5-1-2-6-9)11-17(14,15)10-7-3-4-8-10/h1-14H;1-11H;1-14H;1-4,9-10H,5-8H2/q-2;-1;-2;-1. The van der Waals surface area contributed by atoms with Gasteiger partial charge in [-0.15, -0.1) is 0 Å². The van der Waals surface area contributed by atoms with Crippen molar-refractivity contribution in [3.8, 4) is 0 Å². The van der Waals surface area contributed by atoms with E-state index in [2.05, 4.69) is 24.8 Å². The molecule has 117 heavy (non-hydrogen) atoms. The van der Waals surface area contributed by atoms with Gasteiger partial charge < -0.3 is 24.8 Å². The number of nitrogens with zero attached hydrogens (tertiary/aromatic N) is 6. The highest BCUT2D eigenvalue weighted by atomic mass is 35.5. The van der Waals surface area contributed by atoms with Crippen LogP contribution in [0.2, 0.25) is 15.1 Å². The second kappa shape index (κ2) is 35.3. The predicted octanol–water partition coefficient (Wildman–Crippen LogP) is 12.7. The van der Waals surface area contributed by atoms with E-state index in [9.17, 15) is 111 Å². The van der Waals surface area contributed by atoms with Crippen molar-refractivity contribution in [1.82, 2.24) is 0 Å². The van der Waals surface area contributed by atoms with Crippen LogP contribution in [0.5, 0.6) is 0 Å². The summed E-state index contributed by atoms with van der Waals surface area (Å²) in [4.78, 5) is 20.1. The van der Waals surface area contributed by atoms with Crippen molar-refractivity contribution in [2.45, 2.75) is 85.1 Å². The fourth-order valence-corrected chi connectivity index (χ4v) is 28.7. The number of fused-ring (bicyclic) bond motifs is 3. The third kappa shape index (κ3) is 21.9. The van der Waals surface area contributed by atoms with Gasteiger partial charge in [-0.1, -0.05) is 150 Å². The minimum Gasteiger partial charge on any atom is -0.436 e. The summed E-state index contributed by atoms with van der Waals surface area (Å²) < 4.78 is 317. The maximum atomic E-state index is 13.1. The van der Waals surface area contributed by atoms with Gasteiger partial charge in [0.2, 0.25) is 0 Å². The van der Waals surface area contributed by atoms with Gasteiger partial charge >= 0.3 is 0 Å². The van der Waals surface area contributed by atoms with Crippen LogP contribution >= 0.6 is 34.8 Å². The maximum Gasteiger partial charge on any atom is 0.194 e. The molecule has 32 nitrogen and oxygen atoms in total. The number of ketones is 2. The molecule has 10 aromatic carbocycles. The number of hydrogen-bond acceptors (Lipinski definition) is 26. The third-order valence-electron chi connectivity index (χ3n) is 16.4. The van der Waals surface area contributed by atoms with Crippen LogP contribution in [0.25, 0.3) is 35.5 Å². The van der Waals surface area contributed by atoms with Crippen molar-refractivity contribution < 1.29 is 111 Å². The first-order valence-electron chi connectivity index (χ1n) is 32.5. The number of hydrogen-bond donors (Lipinski definition) is 0. The molecular weight excluding hydrogens is 1830 g/mol. The molecule has 0 bridgehead atoms. The average molecular weight is 1890 g/mol. The molecule has 0 saturated carbocycles. The van der Waals surface area contributed by atoms with Crippen LogP contribution in [0.15, 0.2) is 310 Å². The molecule has 0 N–H and O–H groups in total. The van der Waals surface area contributed by atoms with Gasteiger partial charge in [-0.2, -0.15) is 0 Å². The molecule has 0 unspecified atom stereocenters. The Balaban J connectivity index is 0.000000169. The molecule has 3 aliphatic rings. The van der Waals surface area contributed by atoms with E-state index in [-0.39, 0.29) is 62.8 Å². The Morgan fingerprint density at radius 1 is 0.222 bits per heavy atom. The van der Waals surface area contributed by atoms with Gasteiger partial charge in [0.05, 0.1) is 50.1 Å². The summed E-state index contributed by atoms with van der Waals surface area (Å²) in [5.41, 5.74) is 0.285. The molecule has 0 heterocycles. The molecule has 618 valence electrons. The summed E-state index contributed by atoms with van der Waals surface area (Å²) >= 11 is 17.2.